The van der Waals surface area contributed by atoms with E-state index in [-0.39, 0.29) is 0 Å². The first-order valence-corrected chi connectivity index (χ1v) is 6.45. The van der Waals surface area contributed by atoms with Crippen LogP contribution in [0.1, 0.15) is 31.7 Å². The van der Waals surface area contributed by atoms with E-state index in [4.69, 9.17) is 10.9 Å². The molecule has 0 bridgehead atoms. The highest BCUT2D eigenvalue weighted by Gasteiger charge is 2.04. The van der Waals surface area contributed by atoms with Gasteiger partial charge < -0.3 is 15.8 Å². The van der Waals surface area contributed by atoms with Gasteiger partial charge in [0.25, 0.3) is 0 Å². The van der Waals surface area contributed by atoms with Crippen LogP contribution in [0.3, 0.4) is 0 Å². The molecule has 0 spiro atoms. The molecule has 0 amide bonds. The van der Waals surface area contributed by atoms with Crippen molar-refractivity contribution in [1.29, 1.82) is 0 Å². The summed E-state index contributed by atoms with van der Waals surface area (Å²) in [5.41, 5.74) is 7.99. The number of anilines is 1. The van der Waals surface area contributed by atoms with Gasteiger partial charge in [0.1, 0.15) is 5.84 Å². The molecule has 0 aliphatic heterocycles. The van der Waals surface area contributed by atoms with E-state index in [1.54, 1.807) is 0 Å². The maximum atomic E-state index is 8.45. The Morgan fingerprint density at radius 2 is 2.17 bits per heavy atom. The monoisotopic (exact) mass is 249 g/mol. The molecule has 0 radical (unpaired) electrons. The molecule has 0 heterocycles. The maximum absolute atomic E-state index is 8.45. The lowest BCUT2D eigenvalue weighted by Gasteiger charge is -2.23. The van der Waals surface area contributed by atoms with Gasteiger partial charge in [-0.1, -0.05) is 17.3 Å². The summed E-state index contributed by atoms with van der Waals surface area (Å²) in [5, 5.41) is 11.4. The Kier molecular flexibility index (Phi) is 6.05. The molecule has 4 nitrogen and oxygen atoms in total. The zero-order valence-corrected chi connectivity index (χ0v) is 11.3. The number of nitrogens with zero attached hydrogens (tertiary/aromatic N) is 2. The molecule has 0 fully saturated rings. The summed E-state index contributed by atoms with van der Waals surface area (Å²) in [6.07, 6.45) is 2.64. The normalized spacial score (nSPS) is 11.6. The molecular weight excluding hydrogens is 226 g/mol. The lowest BCUT2D eigenvalue weighted by molar-refractivity contribution is 0.316. The van der Waals surface area contributed by atoms with Gasteiger partial charge in [0.05, 0.1) is 0 Å². The third-order valence-electron chi connectivity index (χ3n) is 2.99. The molecule has 0 aliphatic rings. The van der Waals surface area contributed by atoms with E-state index in [2.05, 4.69) is 48.2 Å². The lowest BCUT2D eigenvalue weighted by Crippen LogP contribution is -2.24. The minimum Gasteiger partial charge on any atom is -0.409 e. The number of aryl methyl sites for hydroxylation is 1. The van der Waals surface area contributed by atoms with Crippen LogP contribution in [0.5, 0.6) is 0 Å². The van der Waals surface area contributed by atoms with Crippen molar-refractivity contribution in [3.05, 3.63) is 29.8 Å². The average Bonchev–Trinajstić information content (AvgIpc) is 2.38. The van der Waals surface area contributed by atoms with Crippen molar-refractivity contribution in [1.82, 2.24) is 0 Å². The first-order chi connectivity index (χ1) is 8.67. The van der Waals surface area contributed by atoms with E-state index in [0.717, 1.165) is 25.9 Å². The van der Waals surface area contributed by atoms with Gasteiger partial charge in [-0.05, 0) is 44.4 Å². The summed E-state index contributed by atoms with van der Waals surface area (Å²) in [5.74, 6) is 0.314. The van der Waals surface area contributed by atoms with Crippen molar-refractivity contribution in [2.45, 2.75) is 33.1 Å². The molecule has 0 saturated heterocycles. The quantitative estimate of drug-likeness (QED) is 0.257. The smallest absolute Gasteiger partial charge is 0.139 e. The Hall–Kier alpha value is -1.71. The highest BCUT2D eigenvalue weighted by Crippen LogP contribution is 2.16. The van der Waals surface area contributed by atoms with Gasteiger partial charge in [0.15, 0.2) is 0 Å². The van der Waals surface area contributed by atoms with Crippen molar-refractivity contribution in [3.63, 3.8) is 0 Å². The number of rotatable bonds is 7. The molecule has 0 saturated carbocycles. The van der Waals surface area contributed by atoms with Crippen molar-refractivity contribution < 1.29 is 5.21 Å². The van der Waals surface area contributed by atoms with Gasteiger partial charge in [0, 0.05) is 25.2 Å². The summed E-state index contributed by atoms with van der Waals surface area (Å²) >= 11 is 0. The summed E-state index contributed by atoms with van der Waals surface area (Å²) in [4.78, 5) is 2.35. The molecule has 4 heteroatoms. The molecule has 100 valence electrons. The van der Waals surface area contributed by atoms with Gasteiger partial charge >= 0.3 is 0 Å². The minimum absolute atomic E-state index is 0.314. The fourth-order valence-corrected chi connectivity index (χ4v) is 1.95. The molecular formula is C14H23N3O. The van der Waals surface area contributed by atoms with E-state index >= 15 is 0 Å². The number of oxime groups is 1. The van der Waals surface area contributed by atoms with Gasteiger partial charge in [-0.25, -0.2) is 0 Å². The summed E-state index contributed by atoms with van der Waals surface area (Å²) < 4.78 is 0. The van der Waals surface area contributed by atoms with Crippen LogP contribution in [0.2, 0.25) is 0 Å². The summed E-state index contributed by atoms with van der Waals surface area (Å²) in [7, 11) is 0. The maximum Gasteiger partial charge on any atom is 0.139 e. The van der Waals surface area contributed by atoms with Gasteiger partial charge in [-0.3, -0.25) is 0 Å². The predicted octanol–water partition coefficient (Wildman–Crippen LogP) is 2.74. The number of nitrogens with two attached hydrogens (primary N) is 1. The Morgan fingerprint density at radius 3 is 2.78 bits per heavy atom. The fourth-order valence-electron chi connectivity index (χ4n) is 1.95. The molecule has 18 heavy (non-hydrogen) atoms. The third kappa shape index (κ3) is 4.65. The first kappa shape index (κ1) is 14.4. The number of hydrogen-bond acceptors (Lipinski definition) is 3. The zero-order chi connectivity index (χ0) is 13.4. The van der Waals surface area contributed by atoms with Crippen LogP contribution < -0.4 is 10.6 Å². The first-order valence-electron chi connectivity index (χ1n) is 6.45. The van der Waals surface area contributed by atoms with Crippen LogP contribution in [0.15, 0.2) is 29.4 Å². The van der Waals surface area contributed by atoms with Crippen LogP contribution in [0, 0.1) is 6.92 Å². The van der Waals surface area contributed by atoms with Crippen molar-refractivity contribution in [3.8, 4) is 0 Å². The van der Waals surface area contributed by atoms with Gasteiger partial charge in [-0.15, -0.1) is 0 Å². The third-order valence-corrected chi connectivity index (χ3v) is 2.99. The fraction of sp³-hybridized carbons (Fsp3) is 0.500. The number of unbranched alkanes of at least 4 members (excludes halogenated alkanes) is 1. The Bertz CT molecular complexity index is 390. The Labute approximate surface area is 109 Å². The van der Waals surface area contributed by atoms with Gasteiger partial charge in [-0.2, -0.15) is 0 Å². The molecule has 1 aromatic rings. The number of benzene rings is 1. The van der Waals surface area contributed by atoms with Crippen molar-refractivity contribution >= 4 is 11.5 Å². The van der Waals surface area contributed by atoms with Gasteiger partial charge in [0.2, 0.25) is 0 Å². The average molecular weight is 249 g/mol. The van der Waals surface area contributed by atoms with Crippen LogP contribution in [0.4, 0.5) is 5.69 Å². The van der Waals surface area contributed by atoms with Crippen LogP contribution >= 0.6 is 0 Å². The lowest BCUT2D eigenvalue weighted by atomic mass is 10.2. The molecule has 0 aliphatic carbocycles. The molecule has 1 aromatic carbocycles. The van der Waals surface area contributed by atoms with Crippen molar-refractivity contribution in [2.24, 2.45) is 10.9 Å². The number of amidine groups is 1. The van der Waals surface area contributed by atoms with Crippen molar-refractivity contribution in [2.75, 3.05) is 18.0 Å². The van der Waals surface area contributed by atoms with E-state index < -0.39 is 0 Å². The zero-order valence-electron chi connectivity index (χ0n) is 11.3. The molecule has 1 rings (SSSR count). The summed E-state index contributed by atoms with van der Waals surface area (Å²) in [6, 6.07) is 8.53. The highest BCUT2D eigenvalue weighted by atomic mass is 16.4. The van der Waals surface area contributed by atoms with Crippen LogP contribution in [0.25, 0.3) is 0 Å². The van der Waals surface area contributed by atoms with E-state index in [1.165, 1.54) is 11.3 Å². The number of hydrogen-bond donors (Lipinski definition) is 2. The van der Waals surface area contributed by atoms with Crippen LogP contribution in [-0.4, -0.2) is 24.1 Å². The van der Waals surface area contributed by atoms with E-state index in [1.807, 2.05) is 0 Å². The second-order valence-corrected chi connectivity index (χ2v) is 4.47. The van der Waals surface area contributed by atoms with E-state index in [9.17, 15) is 0 Å². The second kappa shape index (κ2) is 7.58. The summed E-state index contributed by atoms with van der Waals surface area (Å²) in [6.45, 7) is 6.26. The molecule has 0 atom stereocenters. The Morgan fingerprint density at radius 1 is 1.39 bits per heavy atom. The SMILES string of the molecule is CCN(CCCCC(N)=NO)c1cccc(C)c1. The predicted molar refractivity (Wildman–Crippen MR) is 76.3 cm³/mol. The Balaban J connectivity index is 2.43. The van der Waals surface area contributed by atoms with E-state index in [0.29, 0.717) is 12.3 Å². The second-order valence-electron chi connectivity index (χ2n) is 4.47. The standard InChI is InChI=1S/C14H23N3O/c1-3-17(10-5-4-9-14(15)16-18)13-8-6-7-12(2)11-13/h6-8,11,18H,3-5,9-10H2,1-2H3,(H2,15,16). The van der Waals surface area contributed by atoms with Crippen LogP contribution in [-0.2, 0) is 0 Å². The molecule has 0 unspecified atom stereocenters. The minimum atomic E-state index is 0.314. The largest absolute Gasteiger partial charge is 0.409 e. The topological polar surface area (TPSA) is 61.8 Å². The highest BCUT2D eigenvalue weighted by molar-refractivity contribution is 5.79. The molecule has 0 aromatic heterocycles. The molecule has 3 N–H and O–H groups in total.